The Balaban J connectivity index is 1.83. The second-order valence-corrected chi connectivity index (χ2v) is 8.58. The van der Waals surface area contributed by atoms with E-state index in [1.165, 1.54) is 16.8 Å². The lowest BCUT2D eigenvalue weighted by atomic mass is 10.0. The molecule has 5 heteroatoms. The number of rotatable bonds is 4. The maximum absolute atomic E-state index is 13.1. The molecule has 1 aliphatic heterocycles. The molecule has 0 bridgehead atoms. The lowest BCUT2D eigenvalue weighted by molar-refractivity contribution is 0.310. The molecule has 0 spiro atoms. The number of likely N-dealkylation sites (N-methyl/N-ethyl adjacent to an activating group) is 1. The van der Waals surface area contributed by atoms with E-state index in [4.69, 9.17) is 0 Å². The van der Waals surface area contributed by atoms with Gasteiger partial charge in [0.2, 0.25) is 0 Å². The molecule has 1 fully saturated rings. The Labute approximate surface area is 148 Å². The van der Waals surface area contributed by atoms with Gasteiger partial charge in [0.05, 0.1) is 10.4 Å². The second-order valence-electron chi connectivity index (χ2n) is 6.77. The molecule has 0 aliphatic carbocycles. The number of hydrogen-bond acceptors (Lipinski definition) is 3. The summed E-state index contributed by atoms with van der Waals surface area (Å²) in [6.45, 7) is 1.12. The highest BCUT2D eigenvalue weighted by atomic mass is 32.2. The molecule has 1 aliphatic rings. The predicted molar refractivity (Wildman–Crippen MR) is 100 cm³/mol. The first-order chi connectivity index (χ1) is 12.1. The summed E-state index contributed by atoms with van der Waals surface area (Å²) in [5.41, 5.74) is 1.86. The van der Waals surface area contributed by atoms with Crippen LogP contribution in [0, 0.1) is 0 Å². The molecule has 0 saturated carbocycles. The Hall–Kier alpha value is -2.11. The molecule has 3 aromatic rings. The van der Waals surface area contributed by atoms with E-state index >= 15 is 0 Å². The van der Waals surface area contributed by atoms with Gasteiger partial charge in [-0.05, 0) is 56.6 Å². The van der Waals surface area contributed by atoms with Gasteiger partial charge in [-0.2, -0.15) is 0 Å². The van der Waals surface area contributed by atoms with E-state index in [1.54, 1.807) is 24.3 Å². The summed E-state index contributed by atoms with van der Waals surface area (Å²) in [5.74, 6) is 0. The van der Waals surface area contributed by atoms with Crippen molar-refractivity contribution in [1.82, 2.24) is 8.87 Å². The standard InChI is InChI=1S/C20H22N2O2S/c1-21-13-7-8-17(21)14-16-15-22(20-12-6-5-11-19(16)20)25(23,24)18-9-3-2-4-10-18/h2-6,9-12,15,17H,7-8,13-14H2,1H3/t17-/m1/s1. The van der Waals surface area contributed by atoms with Crippen molar-refractivity contribution < 1.29 is 8.42 Å². The number of nitrogens with zero attached hydrogens (tertiary/aromatic N) is 2. The van der Waals surface area contributed by atoms with Crippen LogP contribution in [0.1, 0.15) is 18.4 Å². The van der Waals surface area contributed by atoms with Crippen molar-refractivity contribution in [3.8, 4) is 0 Å². The van der Waals surface area contributed by atoms with Gasteiger partial charge < -0.3 is 4.90 Å². The maximum atomic E-state index is 13.1. The smallest absolute Gasteiger partial charge is 0.268 e. The van der Waals surface area contributed by atoms with Crippen LogP contribution < -0.4 is 0 Å². The van der Waals surface area contributed by atoms with Crippen LogP contribution in [0.4, 0.5) is 0 Å². The van der Waals surface area contributed by atoms with E-state index < -0.39 is 10.0 Å². The molecular weight excluding hydrogens is 332 g/mol. The zero-order valence-corrected chi connectivity index (χ0v) is 15.1. The third kappa shape index (κ3) is 2.87. The molecule has 1 atom stereocenters. The number of aromatic nitrogens is 1. The Morgan fingerprint density at radius 3 is 2.48 bits per heavy atom. The summed E-state index contributed by atoms with van der Waals surface area (Å²) >= 11 is 0. The van der Waals surface area contributed by atoms with Crippen molar-refractivity contribution in [2.24, 2.45) is 0 Å². The number of fused-ring (bicyclic) bond motifs is 1. The molecule has 4 rings (SSSR count). The fourth-order valence-electron chi connectivity index (χ4n) is 3.78. The molecule has 1 saturated heterocycles. The summed E-state index contributed by atoms with van der Waals surface area (Å²) in [5, 5.41) is 1.03. The van der Waals surface area contributed by atoms with Crippen LogP contribution in [-0.4, -0.2) is 36.9 Å². The first-order valence-corrected chi connectivity index (χ1v) is 10.1. The highest BCUT2D eigenvalue weighted by molar-refractivity contribution is 7.90. The molecule has 0 N–H and O–H groups in total. The monoisotopic (exact) mass is 354 g/mol. The van der Waals surface area contributed by atoms with Crippen LogP contribution in [-0.2, 0) is 16.4 Å². The minimum absolute atomic E-state index is 0.320. The van der Waals surface area contributed by atoms with Crippen LogP contribution in [0.2, 0.25) is 0 Å². The Morgan fingerprint density at radius 1 is 1.04 bits per heavy atom. The van der Waals surface area contributed by atoms with E-state index in [-0.39, 0.29) is 0 Å². The van der Waals surface area contributed by atoms with Crippen LogP contribution in [0.25, 0.3) is 10.9 Å². The Morgan fingerprint density at radius 2 is 1.76 bits per heavy atom. The number of likely N-dealkylation sites (tertiary alicyclic amines) is 1. The predicted octanol–water partition coefficient (Wildman–Crippen LogP) is 3.52. The summed E-state index contributed by atoms with van der Waals surface area (Å²) in [6, 6.07) is 16.9. The lowest BCUT2D eigenvalue weighted by Gasteiger charge is -2.18. The molecular formula is C20H22N2O2S. The fraction of sp³-hybridized carbons (Fsp3) is 0.300. The average Bonchev–Trinajstić information content (AvgIpc) is 3.21. The highest BCUT2D eigenvalue weighted by Gasteiger charge is 2.25. The maximum Gasteiger partial charge on any atom is 0.268 e. The molecule has 0 unspecified atom stereocenters. The molecule has 2 aromatic carbocycles. The minimum Gasteiger partial charge on any atom is -0.303 e. The van der Waals surface area contributed by atoms with Gasteiger partial charge in [0.25, 0.3) is 10.0 Å². The van der Waals surface area contributed by atoms with Crippen molar-refractivity contribution in [3.05, 3.63) is 66.4 Å². The Bertz CT molecular complexity index is 993. The van der Waals surface area contributed by atoms with Crippen molar-refractivity contribution in [2.45, 2.75) is 30.2 Å². The summed E-state index contributed by atoms with van der Waals surface area (Å²) in [7, 11) is -1.44. The van der Waals surface area contributed by atoms with Crippen LogP contribution in [0.3, 0.4) is 0 Å². The zero-order valence-electron chi connectivity index (χ0n) is 14.3. The normalized spacial score (nSPS) is 18.8. The van der Waals surface area contributed by atoms with Gasteiger partial charge in [0.15, 0.2) is 0 Å². The lowest BCUT2D eigenvalue weighted by Crippen LogP contribution is -2.26. The molecule has 0 amide bonds. The van der Waals surface area contributed by atoms with Crippen molar-refractivity contribution in [2.75, 3.05) is 13.6 Å². The molecule has 130 valence electrons. The largest absolute Gasteiger partial charge is 0.303 e. The van der Waals surface area contributed by atoms with E-state index in [0.717, 1.165) is 29.4 Å². The second kappa shape index (κ2) is 6.32. The van der Waals surface area contributed by atoms with Gasteiger partial charge in [0, 0.05) is 17.6 Å². The van der Waals surface area contributed by atoms with Crippen molar-refractivity contribution in [1.29, 1.82) is 0 Å². The van der Waals surface area contributed by atoms with Crippen molar-refractivity contribution >= 4 is 20.9 Å². The third-order valence-electron chi connectivity index (χ3n) is 5.19. The molecule has 0 radical (unpaired) electrons. The van der Waals surface area contributed by atoms with Gasteiger partial charge >= 0.3 is 0 Å². The first-order valence-electron chi connectivity index (χ1n) is 8.67. The molecule has 4 nitrogen and oxygen atoms in total. The average molecular weight is 354 g/mol. The van der Waals surface area contributed by atoms with E-state index in [1.807, 2.05) is 36.5 Å². The third-order valence-corrected chi connectivity index (χ3v) is 6.88. The number of para-hydroxylation sites is 1. The minimum atomic E-state index is -3.59. The van der Waals surface area contributed by atoms with E-state index in [9.17, 15) is 8.42 Å². The SMILES string of the molecule is CN1CCC[C@@H]1Cc1cn(S(=O)(=O)c2ccccc2)c2ccccc12. The van der Waals surface area contributed by atoms with Gasteiger partial charge in [-0.3, -0.25) is 0 Å². The van der Waals surface area contributed by atoms with Crippen LogP contribution >= 0.6 is 0 Å². The fourth-order valence-corrected chi connectivity index (χ4v) is 5.19. The summed E-state index contributed by atoms with van der Waals surface area (Å²) < 4.78 is 27.7. The van der Waals surface area contributed by atoms with E-state index in [2.05, 4.69) is 11.9 Å². The number of hydrogen-bond donors (Lipinski definition) is 0. The zero-order chi connectivity index (χ0) is 17.4. The van der Waals surface area contributed by atoms with Gasteiger partial charge in [0.1, 0.15) is 0 Å². The van der Waals surface area contributed by atoms with Crippen LogP contribution in [0.15, 0.2) is 65.7 Å². The molecule has 2 heterocycles. The summed E-state index contributed by atoms with van der Waals surface area (Å²) in [4.78, 5) is 2.69. The highest BCUT2D eigenvalue weighted by Crippen LogP contribution is 2.29. The topological polar surface area (TPSA) is 42.3 Å². The first kappa shape index (κ1) is 16.4. The summed E-state index contributed by atoms with van der Waals surface area (Å²) in [6.07, 6.45) is 5.08. The Kier molecular flexibility index (Phi) is 4.13. The molecule has 1 aromatic heterocycles. The number of benzene rings is 2. The molecule has 25 heavy (non-hydrogen) atoms. The quantitative estimate of drug-likeness (QED) is 0.720. The van der Waals surface area contributed by atoms with Gasteiger partial charge in [-0.1, -0.05) is 36.4 Å². The van der Waals surface area contributed by atoms with Gasteiger partial charge in [-0.25, -0.2) is 12.4 Å². The van der Waals surface area contributed by atoms with Crippen molar-refractivity contribution in [3.63, 3.8) is 0 Å². The van der Waals surface area contributed by atoms with Crippen LogP contribution in [0.5, 0.6) is 0 Å². The van der Waals surface area contributed by atoms with Gasteiger partial charge in [-0.15, -0.1) is 0 Å². The van der Waals surface area contributed by atoms with E-state index in [0.29, 0.717) is 10.9 Å².